The van der Waals surface area contributed by atoms with Gasteiger partial charge in [-0.3, -0.25) is 9.59 Å². The number of benzene rings is 2. The van der Waals surface area contributed by atoms with Crippen LogP contribution in [0.5, 0.6) is 0 Å². The predicted molar refractivity (Wildman–Crippen MR) is 95.2 cm³/mol. The smallest absolute Gasteiger partial charge is 0.314 e. The van der Waals surface area contributed by atoms with Crippen molar-refractivity contribution in [2.45, 2.75) is 39.0 Å². The van der Waals surface area contributed by atoms with E-state index in [1.165, 1.54) is 0 Å². The minimum absolute atomic E-state index is 0.121. The average Bonchev–Trinajstić information content (AvgIpc) is 2.57. The molecular formula is C20H23NO3. The Morgan fingerprint density at radius 2 is 1.75 bits per heavy atom. The first-order chi connectivity index (χ1) is 11.4. The summed E-state index contributed by atoms with van der Waals surface area (Å²) in [5.74, 6) is -1.31. The summed E-state index contributed by atoms with van der Waals surface area (Å²) in [4.78, 5) is 24.4. The number of hydrogen-bond donors (Lipinski definition) is 2. The second kappa shape index (κ2) is 7.30. The minimum Gasteiger partial charge on any atom is -0.481 e. The third-order valence-corrected chi connectivity index (χ3v) is 4.40. The topological polar surface area (TPSA) is 66.4 Å². The number of rotatable bonds is 6. The highest BCUT2D eigenvalue weighted by Crippen LogP contribution is 2.29. The molecule has 4 nitrogen and oxygen atoms in total. The Bertz CT molecular complexity index is 740. The minimum atomic E-state index is -1.26. The molecule has 0 saturated carbocycles. The van der Waals surface area contributed by atoms with Crippen LogP contribution in [0, 0.1) is 6.92 Å². The molecule has 2 aromatic rings. The summed E-state index contributed by atoms with van der Waals surface area (Å²) in [5, 5.41) is 12.6. The fraction of sp³-hybridized carbons (Fsp3) is 0.300. The van der Waals surface area contributed by atoms with Crippen LogP contribution in [0.25, 0.3) is 0 Å². The lowest BCUT2D eigenvalue weighted by atomic mass is 9.79. The number of nitrogens with one attached hydrogen (secondary N) is 1. The van der Waals surface area contributed by atoms with Gasteiger partial charge in [0.15, 0.2) is 0 Å². The van der Waals surface area contributed by atoms with E-state index in [1.807, 2.05) is 38.1 Å². The fourth-order valence-electron chi connectivity index (χ4n) is 2.81. The number of hydrogen-bond acceptors (Lipinski definition) is 2. The Kier molecular flexibility index (Phi) is 5.39. The molecule has 126 valence electrons. The molecule has 0 bridgehead atoms. The number of carbonyl (C=O) groups excluding carboxylic acids is 1. The fourth-order valence-corrected chi connectivity index (χ4v) is 2.81. The number of carbonyl (C=O) groups is 2. The van der Waals surface area contributed by atoms with Crippen LogP contribution in [-0.2, 0) is 21.4 Å². The normalized spacial score (nSPS) is 13.1. The molecule has 24 heavy (non-hydrogen) atoms. The van der Waals surface area contributed by atoms with Crippen molar-refractivity contribution < 1.29 is 14.7 Å². The van der Waals surface area contributed by atoms with Crippen LogP contribution in [0.3, 0.4) is 0 Å². The molecule has 4 heteroatoms. The van der Waals surface area contributed by atoms with E-state index in [0.717, 1.165) is 23.2 Å². The summed E-state index contributed by atoms with van der Waals surface area (Å²) in [6.45, 7) is 5.54. The van der Waals surface area contributed by atoms with Gasteiger partial charge in [-0.1, -0.05) is 55.5 Å². The number of aliphatic carboxylic acids is 1. The van der Waals surface area contributed by atoms with Gasteiger partial charge in [-0.25, -0.2) is 0 Å². The zero-order chi connectivity index (χ0) is 17.7. The molecule has 0 aromatic heterocycles. The van der Waals surface area contributed by atoms with Gasteiger partial charge >= 0.3 is 5.97 Å². The molecule has 0 heterocycles. The molecule has 1 unspecified atom stereocenters. The molecule has 0 spiro atoms. The number of carboxylic acids is 1. The molecule has 0 aliphatic carbocycles. The molecule has 2 rings (SSSR count). The van der Waals surface area contributed by atoms with Gasteiger partial charge in [0.05, 0.1) is 5.41 Å². The first-order valence-corrected chi connectivity index (χ1v) is 8.05. The molecule has 0 fully saturated rings. The monoisotopic (exact) mass is 325 g/mol. The highest BCUT2D eigenvalue weighted by Gasteiger charge is 2.37. The van der Waals surface area contributed by atoms with Crippen molar-refractivity contribution >= 4 is 17.6 Å². The second-order valence-electron chi connectivity index (χ2n) is 6.19. The van der Waals surface area contributed by atoms with Gasteiger partial charge in [0.1, 0.15) is 0 Å². The van der Waals surface area contributed by atoms with Crippen molar-refractivity contribution in [2.75, 3.05) is 5.32 Å². The molecular weight excluding hydrogens is 302 g/mol. The maximum Gasteiger partial charge on any atom is 0.314 e. The van der Waals surface area contributed by atoms with Crippen LogP contribution in [0.2, 0.25) is 0 Å². The summed E-state index contributed by atoms with van der Waals surface area (Å²) in [6.07, 6.45) is 0.677. The van der Waals surface area contributed by atoms with E-state index in [-0.39, 0.29) is 12.3 Å². The van der Waals surface area contributed by atoms with E-state index >= 15 is 0 Å². The maximum absolute atomic E-state index is 12.6. The zero-order valence-electron chi connectivity index (χ0n) is 14.3. The Balaban J connectivity index is 2.26. The molecule has 1 atom stereocenters. The van der Waals surface area contributed by atoms with Crippen LogP contribution in [0.15, 0.2) is 48.5 Å². The van der Waals surface area contributed by atoms with Gasteiger partial charge in [0.25, 0.3) is 0 Å². The second-order valence-corrected chi connectivity index (χ2v) is 6.19. The Labute approximate surface area is 142 Å². The number of carboxylic acid groups (broad SMARTS) is 1. The number of amides is 1. The van der Waals surface area contributed by atoms with Crippen LogP contribution in [-0.4, -0.2) is 17.0 Å². The van der Waals surface area contributed by atoms with E-state index in [2.05, 4.69) is 5.32 Å². The summed E-state index contributed by atoms with van der Waals surface area (Å²) in [5.41, 5.74) is 2.15. The van der Waals surface area contributed by atoms with Gasteiger partial charge in [-0.15, -0.1) is 0 Å². The van der Waals surface area contributed by atoms with Gasteiger partial charge < -0.3 is 10.4 Å². The van der Waals surface area contributed by atoms with Crippen molar-refractivity contribution in [1.82, 2.24) is 0 Å². The number of aryl methyl sites for hydroxylation is 2. The summed E-state index contributed by atoms with van der Waals surface area (Å²) < 4.78 is 0. The van der Waals surface area contributed by atoms with Crippen LogP contribution in [0.1, 0.15) is 37.0 Å². The molecule has 1 amide bonds. The highest BCUT2D eigenvalue weighted by molar-refractivity contribution is 5.97. The van der Waals surface area contributed by atoms with Gasteiger partial charge in [-0.2, -0.15) is 0 Å². The third kappa shape index (κ3) is 3.65. The van der Waals surface area contributed by atoms with Gasteiger partial charge in [0, 0.05) is 12.1 Å². The van der Waals surface area contributed by atoms with Crippen molar-refractivity contribution in [3.63, 3.8) is 0 Å². The lowest BCUT2D eigenvalue weighted by molar-refractivity contribution is -0.145. The Hall–Kier alpha value is -2.62. The van der Waals surface area contributed by atoms with Crippen LogP contribution >= 0.6 is 0 Å². The van der Waals surface area contributed by atoms with E-state index < -0.39 is 11.4 Å². The van der Waals surface area contributed by atoms with E-state index in [4.69, 9.17) is 0 Å². The SMILES string of the molecule is CCc1cccc(C)c1NC(=O)CC(C)(C(=O)O)c1ccccc1. The van der Waals surface area contributed by atoms with Crippen molar-refractivity contribution in [3.8, 4) is 0 Å². The third-order valence-electron chi connectivity index (χ3n) is 4.40. The average molecular weight is 325 g/mol. The summed E-state index contributed by atoms with van der Waals surface area (Å²) in [7, 11) is 0. The predicted octanol–water partition coefficient (Wildman–Crippen LogP) is 3.93. The van der Waals surface area contributed by atoms with Gasteiger partial charge in [-0.05, 0) is 37.0 Å². The van der Waals surface area contributed by atoms with Crippen molar-refractivity contribution in [2.24, 2.45) is 0 Å². The van der Waals surface area contributed by atoms with Gasteiger partial charge in [0.2, 0.25) is 5.91 Å². The Morgan fingerprint density at radius 3 is 2.33 bits per heavy atom. The number of para-hydroxylation sites is 1. The van der Waals surface area contributed by atoms with Crippen molar-refractivity contribution in [3.05, 3.63) is 65.2 Å². The lowest BCUT2D eigenvalue weighted by Crippen LogP contribution is -2.36. The molecule has 2 N–H and O–H groups in total. The largest absolute Gasteiger partial charge is 0.481 e. The number of anilines is 1. The molecule has 0 radical (unpaired) electrons. The zero-order valence-corrected chi connectivity index (χ0v) is 14.3. The molecule has 2 aromatic carbocycles. The van der Waals surface area contributed by atoms with Crippen LogP contribution < -0.4 is 5.32 Å². The van der Waals surface area contributed by atoms with E-state index in [9.17, 15) is 14.7 Å². The summed E-state index contributed by atoms with van der Waals surface area (Å²) in [6, 6.07) is 14.7. The van der Waals surface area contributed by atoms with Crippen LogP contribution in [0.4, 0.5) is 5.69 Å². The molecule has 0 aliphatic heterocycles. The highest BCUT2D eigenvalue weighted by atomic mass is 16.4. The molecule has 0 saturated heterocycles. The lowest BCUT2D eigenvalue weighted by Gasteiger charge is -2.25. The quantitative estimate of drug-likeness (QED) is 0.845. The van der Waals surface area contributed by atoms with E-state index in [0.29, 0.717) is 5.56 Å². The van der Waals surface area contributed by atoms with Crippen molar-refractivity contribution in [1.29, 1.82) is 0 Å². The Morgan fingerprint density at radius 1 is 1.08 bits per heavy atom. The van der Waals surface area contributed by atoms with E-state index in [1.54, 1.807) is 31.2 Å². The first-order valence-electron chi connectivity index (χ1n) is 8.05. The standard InChI is InChI=1S/C20H23NO3/c1-4-15-10-8-9-14(2)18(15)21-17(22)13-20(3,19(23)24)16-11-6-5-7-12-16/h5-12H,4,13H2,1-3H3,(H,21,22)(H,23,24). The molecule has 0 aliphatic rings. The summed E-state index contributed by atoms with van der Waals surface area (Å²) >= 11 is 0. The maximum atomic E-state index is 12.6. The first kappa shape index (κ1) is 17.7.